The van der Waals surface area contributed by atoms with Gasteiger partial charge in [-0.2, -0.15) is 5.26 Å². The number of nitriles is 1. The molecule has 3 rings (SSSR count). The molecule has 17 heavy (non-hydrogen) atoms. The molecule has 1 aliphatic rings. The number of imidazole rings is 1. The average molecular weight is 243 g/mol. The molecule has 1 fully saturated rings. The highest BCUT2D eigenvalue weighted by Crippen LogP contribution is 2.33. The van der Waals surface area contributed by atoms with Gasteiger partial charge < -0.3 is 9.55 Å². The van der Waals surface area contributed by atoms with Gasteiger partial charge in [0.25, 0.3) is 0 Å². The highest BCUT2D eigenvalue weighted by Gasteiger charge is 2.21. The first-order valence-corrected chi connectivity index (χ1v) is 6.31. The van der Waals surface area contributed by atoms with Crippen LogP contribution in [0.5, 0.6) is 0 Å². The maximum atomic E-state index is 8.93. The number of H-pyrrole nitrogens is 1. The molecule has 0 amide bonds. The molecule has 4 heteroatoms. The van der Waals surface area contributed by atoms with E-state index in [2.05, 4.69) is 15.6 Å². The summed E-state index contributed by atoms with van der Waals surface area (Å²) in [7, 11) is 0. The summed E-state index contributed by atoms with van der Waals surface area (Å²) in [5.41, 5.74) is 2.76. The SMILES string of the molecule is N#Cc1ccc2[nH]c(=S)n(CCC3CC3)c2c1. The molecule has 1 aliphatic carbocycles. The Balaban J connectivity index is 2.04. The lowest BCUT2D eigenvalue weighted by atomic mass is 10.2. The van der Waals surface area contributed by atoms with Crippen molar-refractivity contribution in [2.45, 2.75) is 25.8 Å². The van der Waals surface area contributed by atoms with E-state index >= 15 is 0 Å². The zero-order chi connectivity index (χ0) is 11.8. The number of aromatic amines is 1. The largest absolute Gasteiger partial charge is 0.331 e. The average Bonchev–Trinajstić information content (AvgIpc) is 3.10. The van der Waals surface area contributed by atoms with Crippen molar-refractivity contribution < 1.29 is 0 Å². The normalized spacial score (nSPS) is 15.0. The minimum atomic E-state index is 0.687. The van der Waals surface area contributed by atoms with Crippen molar-refractivity contribution in [2.75, 3.05) is 0 Å². The molecular weight excluding hydrogens is 230 g/mol. The fourth-order valence-corrected chi connectivity index (χ4v) is 2.46. The molecule has 86 valence electrons. The lowest BCUT2D eigenvalue weighted by Gasteiger charge is -2.03. The van der Waals surface area contributed by atoms with Crippen molar-refractivity contribution >= 4 is 23.3 Å². The minimum absolute atomic E-state index is 0.687. The van der Waals surface area contributed by atoms with Gasteiger partial charge >= 0.3 is 0 Å². The predicted molar refractivity (Wildman–Crippen MR) is 69.2 cm³/mol. The molecule has 1 N–H and O–H groups in total. The van der Waals surface area contributed by atoms with Crippen molar-refractivity contribution in [3.05, 3.63) is 28.5 Å². The number of rotatable bonds is 3. The number of benzene rings is 1. The number of aromatic nitrogens is 2. The first-order chi connectivity index (χ1) is 8.28. The second-order valence-corrected chi connectivity index (χ2v) is 5.04. The lowest BCUT2D eigenvalue weighted by molar-refractivity contribution is 0.603. The van der Waals surface area contributed by atoms with Crippen molar-refractivity contribution in [2.24, 2.45) is 5.92 Å². The monoisotopic (exact) mass is 243 g/mol. The Hall–Kier alpha value is -1.60. The highest BCUT2D eigenvalue weighted by molar-refractivity contribution is 7.71. The predicted octanol–water partition coefficient (Wildman–Crippen LogP) is 3.37. The summed E-state index contributed by atoms with van der Waals surface area (Å²) in [6, 6.07) is 7.83. The van der Waals surface area contributed by atoms with E-state index in [4.69, 9.17) is 17.5 Å². The van der Waals surface area contributed by atoms with Crippen LogP contribution in [0.15, 0.2) is 18.2 Å². The van der Waals surface area contributed by atoms with Crippen LogP contribution < -0.4 is 0 Å². The fourth-order valence-electron chi connectivity index (χ4n) is 2.16. The zero-order valence-corrected chi connectivity index (χ0v) is 10.3. The first-order valence-electron chi connectivity index (χ1n) is 5.90. The number of nitrogens with zero attached hydrogens (tertiary/aromatic N) is 2. The van der Waals surface area contributed by atoms with Gasteiger partial charge in [-0.3, -0.25) is 0 Å². The van der Waals surface area contributed by atoms with Gasteiger partial charge in [0, 0.05) is 6.54 Å². The summed E-state index contributed by atoms with van der Waals surface area (Å²) in [4.78, 5) is 3.19. The van der Waals surface area contributed by atoms with E-state index in [0.29, 0.717) is 5.56 Å². The van der Waals surface area contributed by atoms with Crippen molar-refractivity contribution in [3.63, 3.8) is 0 Å². The third-order valence-electron chi connectivity index (χ3n) is 3.36. The van der Waals surface area contributed by atoms with Crippen molar-refractivity contribution in [1.29, 1.82) is 5.26 Å². The second-order valence-electron chi connectivity index (χ2n) is 4.66. The van der Waals surface area contributed by atoms with Gasteiger partial charge in [0.1, 0.15) is 0 Å². The van der Waals surface area contributed by atoms with E-state index in [1.807, 2.05) is 18.2 Å². The lowest BCUT2D eigenvalue weighted by Crippen LogP contribution is -1.98. The first kappa shape index (κ1) is 10.5. The van der Waals surface area contributed by atoms with Crippen LogP contribution >= 0.6 is 12.2 Å². The fraction of sp³-hybridized carbons (Fsp3) is 0.385. The van der Waals surface area contributed by atoms with E-state index < -0.39 is 0 Å². The Kier molecular flexibility index (Phi) is 2.49. The molecule has 0 saturated heterocycles. The molecule has 0 spiro atoms. The van der Waals surface area contributed by atoms with E-state index in [0.717, 1.165) is 28.3 Å². The topological polar surface area (TPSA) is 44.5 Å². The van der Waals surface area contributed by atoms with Gasteiger partial charge in [0.2, 0.25) is 0 Å². The quantitative estimate of drug-likeness (QED) is 0.840. The van der Waals surface area contributed by atoms with Crippen LogP contribution in [0, 0.1) is 22.0 Å². The summed E-state index contributed by atoms with van der Waals surface area (Å²) in [5.74, 6) is 0.890. The molecular formula is C13H13N3S. The van der Waals surface area contributed by atoms with Crippen molar-refractivity contribution in [3.8, 4) is 6.07 Å². The summed E-state index contributed by atoms with van der Waals surface area (Å²) in [6.45, 7) is 0.957. The Morgan fingerprint density at radius 2 is 2.29 bits per heavy atom. The van der Waals surface area contributed by atoms with Gasteiger partial charge in [-0.25, -0.2) is 0 Å². The molecule has 2 aromatic rings. The Bertz CT molecular complexity index is 655. The summed E-state index contributed by atoms with van der Waals surface area (Å²) < 4.78 is 2.87. The van der Waals surface area contributed by atoms with Crippen LogP contribution in [0.2, 0.25) is 0 Å². The van der Waals surface area contributed by atoms with Gasteiger partial charge in [0.05, 0.1) is 22.7 Å². The number of nitrogens with one attached hydrogen (secondary N) is 1. The smallest absolute Gasteiger partial charge is 0.178 e. The molecule has 1 saturated carbocycles. The molecule has 0 radical (unpaired) electrons. The third kappa shape index (κ3) is 1.98. The molecule has 0 atom stereocenters. The zero-order valence-electron chi connectivity index (χ0n) is 9.44. The van der Waals surface area contributed by atoms with Gasteiger partial charge in [-0.05, 0) is 42.8 Å². The third-order valence-corrected chi connectivity index (χ3v) is 3.68. The molecule has 0 unspecified atom stereocenters. The van der Waals surface area contributed by atoms with E-state index in [1.165, 1.54) is 19.3 Å². The van der Waals surface area contributed by atoms with Gasteiger partial charge in [-0.1, -0.05) is 12.8 Å². The highest BCUT2D eigenvalue weighted by atomic mass is 32.1. The Labute approximate surface area is 105 Å². The number of hydrogen-bond acceptors (Lipinski definition) is 2. The van der Waals surface area contributed by atoms with Crippen LogP contribution in [0.1, 0.15) is 24.8 Å². The standard InChI is InChI=1S/C13H13N3S/c14-8-10-3-4-11-12(7-10)16(13(17)15-11)6-5-9-1-2-9/h3-4,7,9H,1-2,5-6H2,(H,15,17). The van der Waals surface area contributed by atoms with Crippen LogP contribution in [0.3, 0.4) is 0 Å². The van der Waals surface area contributed by atoms with Gasteiger partial charge in [0.15, 0.2) is 4.77 Å². The summed E-state index contributed by atoms with van der Waals surface area (Å²) >= 11 is 5.33. The number of fused-ring (bicyclic) bond motifs is 1. The van der Waals surface area contributed by atoms with E-state index in [-0.39, 0.29) is 0 Å². The van der Waals surface area contributed by atoms with Crippen LogP contribution in [0.4, 0.5) is 0 Å². The molecule has 1 aromatic carbocycles. The summed E-state index contributed by atoms with van der Waals surface area (Å²) in [5, 5.41) is 8.93. The molecule has 0 aliphatic heterocycles. The van der Waals surface area contributed by atoms with E-state index in [9.17, 15) is 0 Å². The molecule has 3 nitrogen and oxygen atoms in total. The minimum Gasteiger partial charge on any atom is -0.331 e. The Morgan fingerprint density at radius 3 is 3.00 bits per heavy atom. The van der Waals surface area contributed by atoms with Crippen LogP contribution in [0.25, 0.3) is 11.0 Å². The maximum Gasteiger partial charge on any atom is 0.178 e. The number of aryl methyl sites for hydroxylation is 1. The molecule has 1 heterocycles. The summed E-state index contributed by atoms with van der Waals surface area (Å²) in [6.07, 6.45) is 3.91. The number of hydrogen-bond donors (Lipinski definition) is 1. The maximum absolute atomic E-state index is 8.93. The Morgan fingerprint density at radius 1 is 1.47 bits per heavy atom. The van der Waals surface area contributed by atoms with Crippen molar-refractivity contribution in [1.82, 2.24) is 9.55 Å². The van der Waals surface area contributed by atoms with Gasteiger partial charge in [-0.15, -0.1) is 0 Å². The van der Waals surface area contributed by atoms with Crippen LogP contribution in [-0.2, 0) is 6.54 Å². The van der Waals surface area contributed by atoms with Crippen LogP contribution in [-0.4, -0.2) is 9.55 Å². The molecule has 1 aromatic heterocycles. The second kappa shape index (κ2) is 4.01. The van der Waals surface area contributed by atoms with E-state index in [1.54, 1.807) is 0 Å². The molecule has 0 bridgehead atoms.